The zero-order valence-corrected chi connectivity index (χ0v) is 17.2. The van der Waals surface area contributed by atoms with Crippen LogP contribution >= 0.6 is 0 Å². The summed E-state index contributed by atoms with van der Waals surface area (Å²) in [4.78, 5) is 0. The zero-order chi connectivity index (χ0) is 19.7. The maximum absolute atomic E-state index is 9.95. The summed E-state index contributed by atoms with van der Waals surface area (Å²) in [5, 5.41) is 28.8. The number of hydrogen-bond acceptors (Lipinski definition) is 5. The van der Waals surface area contributed by atoms with Crippen LogP contribution in [-0.2, 0) is 9.47 Å². The summed E-state index contributed by atoms with van der Waals surface area (Å²) in [5.74, 6) is 0. The predicted molar refractivity (Wildman–Crippen MR) is 109 cm³/mol. The summed E-state index contributed by atoms with van der Waals surface area (Å²) in [6, 6.07) is 0. The van der Waals surface area contributed by atoms with Gasteiger partial charge in [-0.05, 0) is 18.9 Å². The van der Waals surface area contributed by atoms with Gasteiger partial charge in [0.25, 0.3) is 0 Å². The fraction of sp³-hybridized carbons (Fsp3) is 0.909. The van der Waals surface area contributed by atoms with Crippen LogP contribution in [0.15, 0.2) is 12.3 Å². The molecule has 0 aromatic rings. The fourth-order valence-corrected chi connectivity index (χ4v) is 3.50. The summed E-state index contributed by atoms with van der Waals surface area (Å²) >= 11 is 0. The first-order chi connectivity index (χ1) is 13.2. The molecule has 0 amide bonds. The number of unbranched alkanes of at least 4 members (excludes halogenated alkanes) is 12. The van der Waals surface area contributed by atoms with Crippen molar-refractivity contribution in [2.75, 3.05) is 13.2 Å². The van der Waals surface area contributed by atoms with Crippen LogP contribution in [0.25, 0.3) is 0 Å². The topological polar surface area (TPSA) is 79.2 Å². The summed E-state index contributed by atoms with van der Waals surface area (Å²) < 4.78 is 10.8. The van der Waals surface area contributed by atoms with Gasteiger partial charge in [-0.25, -0.2) is 0 Å². The largest absolute Gasteiger partial charge is 0.493 e. The first kappa shape index (κ1) is 24.4. The van der Waals surface area contributed by atoms with Crippen molar-refractivity contribution in [3.8, 4) is 0 Å². The van der Waals surface area contributed by atoms with Crippen molar-refractivity contribution in [1.29, 1.82) is 0 Å². The van der Waals surface area contributed by atoms with Crippen LogP contribution in [-0.4, -0.2) is 52.9 Å². The number of aliphatic hydroxyl groups is 3. The average molecular weight is 387 g/mol. The lowest BCUT2D eigenvalue weighted by molar-refractivity contribution is -0.197. The van der Waals surface area contributed by atoms with Crippen molar-refractivity contribution in [2.24, 2.45) is 0 Å². The summed E-state index contributed by atoms with van der Waals surface area (Å²) in [5.41, 5.74) is 0. The van der Waals surface area contributed by atoms with Crippen LogP contribution in [0, 0.1) is 0 Å². The van der Waals surface area contributed by atoms with Crippen LogP contribution in [0.1, 0.15) is 90.4 Å². The quantitative estimate of drug-likeness (QED) is 0.275. The smallest absolute Gasteiger partial charge is 0.154 e. The van der Waals surface area contributed by atoms with Crippen LogP contribution in [0.2, 0.25) is 0 Å². The van der Waals surface area contributed by atoms with E-state index in [1.54, 1.807) is 6.26 Å². The van der Waals surface area contributed by atoms with E-state index in [0.29, 0.717) is 0 Å². The Morgan fingerprint density at radius 2 is 1.44 bits per heavy atom. The molecule has 0 aromatic heterocycles. The molecule has 0 aliphatic carbocycles. The van der Waals surface area contributed by atoms with Gasteiger partial charge in [0.1, 0.15) is 18.3 Å². The second-order valence-electron chi connectivity index (χ2n) is 7.76. The van der Waals surface area contributed by atoms with Gasteiger partial charge in [-0.2, -0.15) is 0 Å². The molecule has 0 radical (unpaired) electrons. The molecule has 0 unspecified atom stereocenters. The summed E-state index contributed by atoms with van der Waals surface area (Å²) in [7, 11) is 0. The van der Waals surface area contributed by atoms with Gasteiger partial charge in [0.05, 0.1) is 19.5 Å². The number of aliphatic hydroxyl groups excluding tert-OH is 3. The van der Waals surface area contributed by atoms with E-state index >= 15 is 0 Å². The van der Waals surface area contributed by atoms with Crippen LogP contribution in [0.5, 0.6) is 0 Å². The minimum absolute atomic E-state index is 0.0226. The van der Waals surface area contributed by atoms with Gasteiger partial charge in [-0.15, -0.1) is 0 Å². The molecule has 1 heterocycles. The van der Waals surface area contributed by atoms with Gasteiger partial charge in [0.2, 0.25) is 0 Å². The Morgan fingerprint density at radius 3 is 2.00 bits per heavy atom. The maximum atomic E-state index is 9.95. The van der Waals surface area contributed by atoms with Gasteiger partial charge < -0.3 is 24.8 Å². The van der Waals surface area contributed by atoms with E-state index in [9.17, 15) is 15.3 Å². The van der Waals surface area contributed by atoms with Crippen LogP contribution in [0.3, 0.4) is 0 Å². The lowest BCUT2D eigenvalue weighted by Crippen LogP contribution is -2.54. The van der Waals surface area contributed by atoms with E-state index in [2.05, 4.69) is 6.92 Å². The van der Waals surface area contributed by atoms with Crippen LogP contribution < -0.4 is 0 Å². The fourth-order valence-electron chi connectivity index (χ4n) is 3.50. The molecule has 0 bridgehead atoms. The Morgan fingerprint density at radius 1 is 0.889 bits per heavy atom. The Hall–Kier alpha value is -0.620. The highest BCUT2D eigenvalue weighted by Crippen LogP contribution is 2.19. The Kier molecular flexibility index (Phi) is 14.8. The van der Waals surface area contributed by atoms with Gasteiger partial charge in [-0.1, -0.05) is 77.6 Å². The molecule has 1 aliphatic rings. The van der Waals surface area contributed by atoms with Crippen molar-refractivity contribution in [3.63, 3.8) is 0 Å². The zero-order valence-electron chi connectivity index (χ0n) is 17.2. The highest BCUT2D eigenvalue weighted by molar-refractivity contribution is 4.89. The molecule has 0 aromatic carbocycles. The molecule has 1 aliphatic heterocycles. The van der Waals surface area contributed by atoms with Gasteiger partial charge in [-0.3, -0.25) is 0 Å². The first-order valence-corrected chi connectivity index (χ1v) is 11.1. The predicted octanol–water partition coefficient (Wildman–Crippen LogP) is 4.09. The third-order valence-electron chi connectivity index (χ3n) is 5.31. The second-order valence-corrected chi connectivity index (χ2v) is 7.76. The molecule has 0 spiro atoms. The van der Waals surface area contributed by atoms with Crippen molar-refractivity contribution in [2.45, 2.75) is 115 Å². The molecule has 0 saturated carbocycles. The van der Waals surface area contributed by atoms with E-state index < -0.39 is 24.4 Å². The monoisotopic (exact) mass is 386 g/mol. The van der Waals surface area contributed by atoms with Crippen LogP contribution in [0.4, 0.5) is 0 Å². The van der Waals surface area contributed by atoms with Crippen molar-refractivity contribution in [1.82, 2.24) is 0 Å². The minimum Gasteiger partial charge on any atom is -0.493 e. The lowest BCUT2D eigenvalue weighted by atomic mass is 10.0. The average Bonchev–Trinajstić information content (AvgIpc) is 2.68. The standard InChI is InChI=1S/C22H42O5/c1-2-3-4-5-6-7-8-9-10-11-12-13-14-15-16-26-22-20(17-23)27-18-19(24)21(22)25/h15-16,19-25H,2-14,17-18H2,1H3/b16-15+/t19-,20+,21+,22+/m1/s1. The Balaban J connectivity index is 1.94. The molecule has 160 valence electrons. The van der Waals surface area contributed by atoms with E-state index in [1.807, 2.05) is 6.08 Å². The molecule has 1 fully saturated rings. The van der Waals surface area contributed by atoms with E-state index in [-0.39, 0.29) is 13.2 Å². The molecular weight excluding hydrogens is 344 g/mol. The number of rotatable bonds is 16. The maximum Gasteiger partial charge on any atom is 0.154 e. The van der Waals surface area contributed by atoms with E-state index in [1.165, 1.54) is 70.6 Å². The number of allylic oxidation sites excluding steroid dienone is 1. The molecule has 1 saturated heterocycles. The van der Waals surface area contributed by atoms with Crippen molar-refractivity contribution in [3.05, 3.63) is 12.3 Å². The first-order valence-electron chi connectivity index (χ1n) is 11.1. The van der Waals surface area contributed by atoms with Gasteiger partial charge in [0.15, 0.2) is 6.10 Å². The van der Waals surface area contributed by atoms with Crippen molar-refractivity contribution >= 4 is 0 Å². The van der Waals surface area contributed by atoms with E-state index in [4.69, 9.17) is 9.47 Å². The van der Waals surface area contributed by atoms with Gasteiger partial charge >= 0.3 is 0 Å². The molecule has 4 atom stereocenters. The van der Waals surface area contributed by atoms with E-state index in [0.717, 1.165) is 12.8 Å². The molecule has 27 heavy (non-hydrogen) atoms. The molecule has 1 rings (SSSR count). The Bertz CT molecular complexity index is 359. The third-order valence-corrected chi connectivity index (χ3v) is 5.31. The van der Waals surface area contributed by atoms with Crippen molar-refractivity contribution < 1.29 is 24.8 Å². The normalized spacial score (nSPS) is 25.9. The third kappa shape index (κ3) is 11.1. The molecular formula is C22H42O5. The lowest BCUT2D eigenvalue weighted by Gasteiger charge is -2.36. The second kappa shape index (κ2) is 16.3. The summed E-state index contributed by atoms with van der Waals surface area (Å²) in [6.07, 6.45) is 17.2. The summed E-state index contributed by atoms with van der Waals surface area (Å²) in [6.45, 7) is 2.05. The molecule has 3 N–H and O–H groups in total. The Labute approximate surface area is 165 Å². The number of hydrogen-bond donors (Lipinski definition) is 3. The number of ether oxygens (including phenoxy) is 2. The highest BCUT2D eigenvalue weighted by atomic mass is 16.6. The van der Waals surface area contributed by atoms with Gasteiger partial charge in [0, 0.05) is 0 Å². The highest BCUT2D eigenvalue weighted by Gasteiger charge is 2.39. The minimum atomic E-state index is -1.04. The SMILES string of the molecule is CCCCCCCCCCCCCC/C=C/O[C@@H]1[C@@H](O)[C@H](O)CO[C@H]1CO. The molecule has 5 nitrogen and oxygen atoms in total. The molecule has 5 heteroatoms.